The van der Waals surface area contributed by atoms with Gasteiger partial charge in [-0.25, -0.2) is 4.39 Å². The Hall–Kier alpha value is -2.03. The average molecular weight is 244 g/mol. The molecule has 0 spiro atoms. The van der Waals surface area contributed by atoms with E-state index in [-0.39, 0.29) is 5.82 Å². The van der Waals surface area contributed by atoms with Crippen LogP contribution in [0.5, 0.6) is 0 Å². The lowest BCUT2D eigenvalue weighted by Gasteiger charge is -2.11. The molecule has 3 N–H and O–H groups in total. The van der Waals surface area contributed by atoms with Gasteiger partial charge < -0.3 is 11.1 Å². The van der Waals surface area contributed by atoms with E-state index in [0.29, 0.717) is 11.3 Å². The molecule has 0 unspecified atom stereocenters. The van der Waals surface area contributed by atoms with Gasteiger partial charge in [0.25, 0.3) is 0 Å². The number of hydrogen-bond donors (Lipinski definition) is 2. The molecule has 2 nitrogen and oxygen atoms in total. The summed E-state index contributed by atoms with van der Waals surface area (Å²) < 4.78 is 13.3. The van der Waals surface area contributed by atoms with E-state index in [4.69, 9.17) is 5.73 Å². The molecule has 0 fully saturated rings. The lowest BCUT2D eigenvalue weighted by Crippen LogP contribution is -1.99. The maximum absolute atomic E-state index is 13.3. The van der Waals surface area contributed by atoms with E-state index in [9.17, 15) is 4.39 Å². The van der Waals surface area contributed by atoms with Crippen LogP contribution in [0.1, 0.15) is 18.1 Å². The second-order valence-electron chi connectivity index (χ2n) is 4.37. The summed E-state index contributed by atoms with van der Waals surface area (Å²) in [4.78, 5) is 0. The van der Waals surface area contributed by atoms with E-state index in [1.807, 2.05) is 12.1 Å². The first kappa shape index (κ1) is 12.4. The topological polar surface area (TPSA) is 38.0 Å². The molecule has 2 aromatic carbocycles. The molecule has 2 aromatic rings. The predicted molar refractivity (Wildman–Crippen MR) is 74.7 cm³/mol. The molecule has 0 bridgehead atoms. The van der Waals surface area contributed by atoms with Crippen LogP contribution in [0.3, 0.4) is 0 Å². The zero-order valence-electron chi connectivity index (χ0n) is 10.6. The molecule has 18 heavy (non-hydrogen) atoms. The summed E-state index contributed by atoms with van der Waals surface area (Å²) in [5.41, 5.74) is 9.76. The van der Waals surface area contributed by atoms with Crippen LogP contribution in [0.25, 0.3) is 0 Å². The van der Waals surface area contributed by atoms with E-state index in [0.717, 1.165) is 17.8 Å². The number of nitrogens with two attached hydrogens (primary N) is 1. The fourth-order valence-corrected chi connectivity index (χ4v) is 1.83. The fraction of sp³-hybridized carbons (Fsp3) is 0.200. The monoisotopic (exact) mass is 244 g/mol. The van der Waals surface area contributed by atoms with Gasteiger partial charge >= 0.3 is 0 Å². The summed E-state index contributed by atoms with van der Waals surface area (Å²) in [6, 6.07) is 11.2. The second-order valence-corrected chi connectivity index (χ2v) is 4.37. The first-order valence-electron chi connectivity index (χ1n) is 6.01. The molecule has 94 valence electrons. The Labute approximate surface area is 107 Å². The van der Waals surface area contributed by atoms with Crippen LogP contribution in [-0.4, -0.2) is 0 Å². The van der Waals surface area contributed by atoms with Crippen LogP contribution >= 0.6 is 0 Å². The highest BCUT2D eigenvalue weighted by Gasteiger charge is 2.05. The first-order valence-corrected chi connectivity index (χ1v) is 6.01. The SMILES string of the molecule is CCc1cccc(Nc2cc(C)c(F)cc2N)c1. The molecule has 0 saturated carbocycles. The van der Waals surface area contributed by atoms with Crippen molar-refractivity contribution in [2.24, 2.45) is 0 Å². The molecule has 0 aliphatic heterocycles. The normalized spacial score (nSPS) is 10.4. The maximum atomic E-state index is 13.3. The molecular formula is C15H17FN2. The summed E-state index contributed by atoms with van der Waals surface area (Å²) in [6.45, 7) is 3.83. The minimum absolute atomic E-state index is 0.277. The van der Waals surface area contributed by atoms with Crippen molar-refractivity contribution in [2.45, 2.75) is 20.3 Å². The molecule has 0 aliphatic rings. The van der Waals surface area contributed by atoms with Crippen LogP contribution in [0.2, 0.25) is 0 Å². The van der Waals surface area contributed by atoms with Gasteiger partial charge in [0.15, 0.2) is 0 Å². The van der Waals surface area contributed by atoms with Crippen LogP contribution in [0.4, 0.5) is 21.5 Å². The van der Waals surface area contributed by atoms with Crippen molar-refractivity contribution in [3.05, 3.63) is 53.3 Å². The van der Waals surface area contributed by atoms with Crippen molar-refractivity contribution in [3.8, 4) is 0 Å². The molecule has 0 saturated heterocycles. The standard InChI is InChI=1S/C15H17FN2/c1-3-11-5-4-6-12(8-11)18-15-7-10(2)13(16)9-14(15)17/h4-9,18H,3,17H2,1-2H3. The number of aryl methyl sites for hydroxylation is 2. The lowest BCUT2D eigenvalue weighted by molar-refractivity contribution is 0.619. The quantitative estimate of drug-likeness (QED) is 0.800. The van der Waals surface area contributed by atoms with E-state index in [1.54, 1.807) is 13.0 Å². The van der Waals surface area contributed by atoms with E-state index < -0.39 is 0 Å². The minimum Gasteiger partial charge on any atom is -0.397 e. The number of benzene rings is 2. The molecular weight excluding hydrogens is 227 g/mol. The van der Waals surface area contributed by atoms with Gasteiger partial charge in [-0.15, -0.1) is 0 Å². The molecule has 0 heterocycles. The maximum Gasteiger partial charge on any atom is 0.128 e. The third-order valence-corrected chi connectivity index (χ3v) is 2.95. The molecule has 0 atom stereocenters. The number of hydrogen-bond acceptors (Lipinski definition) is 2. The van der Waals surface area contributed by atoms with Gasteiger partial charge in [-0.3, -0.25) is 0 Å². The highest BCUT2D eigenvalue weighted by molar-refractivity contribution is 5.73. The Balaban J connectivity index is 2.30. The Kier molecular flexibility index (Phi) is 3.51. The zero-order valence-corrected chi connectivity index (χ0v) is 10.6. The summed E-state index contributed by atoms with van der Waals surface area (Å²) in [7, 11) is 0. The van der Waals surface area contributed by atoms with Crippen molar-refractivity contribution in [2.75, 3.05) is 11.1 Å². The average Bonchev–Trinajstić information content (AvgIpc) is 2.36. The highest BCUT2D eigenvalue weighted by Crippen LogP contribution is 2.26. The molecule has 0 amide bonds. The summed E-state index contributed by atoms with van der Waals surface area (Å²) in [5.74, 6) is -0.277. The summed E-state index contributed by atoms with van der Waals surface area (Å²) in [5, 5.41) is 3.22. The molecule has 0 radical (unpaired) electrons. The Bertz CT molecular complexity index is 564. The van der Waals surface area contributed by atoms with E-state index >= 15 is 0 Å². The smallest absolute Gasteiger partial charge is 0.128 e. The molecule has 2 rings (SSSR count). The van der Waals surface area contributed by atoms with Gasteiger partial charge in [0.1, 0.15) is 5.82 Å². The van der Waals surface area contributed by atoms with Gasteiger partial charge in [-0.05, 0) is 48.7 Å². The Morgan fingerprint density at radius 1 is 1.22 bits per heavy atom. The summed E-state index contributed by atoms with van der Waals surface area (Å²) >= 11 is 0. The molecule has 3 heteroatoms. The third kappa shape index (κ3) is 2.62. The number of anilines is 3. The second kappa shape index (κ2) is 5.08. The zero-order chi connectivity index (χ0) is 13.1. The van der Waals surface area contributed by atoms with Crippen molar-refractivity contribution in [3.63, 3.8) is 0 Å². The minimum atomic E-state index is -0.277. The van der Waals surface area contributed by atoms with Crippen LogP contribution in [0, 0.1) is 12.7 Å². The lowest BCUT2D eigenvalue weighted by atomic mass is 10.1. The fourth-order valence-electron chi connectivity index (χ4n) is 1.83. The van der Waals surface area contributed by atoms with Gasteiger partial charge in [0.05, 0.1) is 11.4 Å². The predicted octanol–water partition coefficient (Wildman–Crippen LogP) is 4.02. The van der Waals surface area contributed by atoms with Crippen LogP contribution in [0.15, 0.2) is 36.4 Å². The van der Waals surface area contributed by atoms with Crippen molar-refractivity contribution in [1.82, 2.24) is 0 Å². The van der Waals surface area contributed by atoms with Gasteiger partial charge in [-0.2, -0.15) is 0 Å². The van der Waals surface area contributed by atoms with Crippen LogP contribution in [-0.2, 0) is 6.42 Å². The molecule has 0 aromatic heterocycles. The van der Waals surface area contributed by atoms with Crippen LogP contribution < -0.4 is 11.1 Å². The van der Waals surface area contributed by atoms with E-state index in [2.05, 4.69) is 24.4 Å². The van der Waals surface area contributed by atoms with Crippen molar-refractivity contribution < 1.29 is 4.39 Å². The third-order valence-electron chi connectivity index (χ3n) is 2.95. The highest BCUT2D eigenvalue weighted by atomic mass is 19.1. The molecule has 0 aliphatic carbocycles. The van der Waals surface area contributed by atoms with E-state index in [1.165, 1.54) is 11.6 Å². The summed E-state index contributed by atoms with van der Waals surface area (Å²) in [6.07, 6.45) is 0.980. The van der Waals surface area contributed by atoms with Gasteiger partial charge in [-0.1, -0.05) is 19.1 Å². The Morgan fingerprint density at radius 2 is 2.00 bits per heavy atom. The largest absolute Gasteiger partial charge is 0.397 e. The van der Waals surface area contributed by atoms with Crippen molar-refractivity contribution in [1.29, 1.82) is 0 Å². The Morgan fingerprint density at radius 3 is 2.72 bits per heavy atom. The number of halogens is 1. The first-order chi connectivity index (χ1) is 8.60. The van der Waals surface area contributed by atoms with Crippen molar-refractivity contribution >= 4 is 17.1 Å². The number of nitrogens with one attached hydrogen (secondary N) is 1. The number of nitrogen functional groups attached to an aromatic ring is 1. The number of rotatable bonds is 3. The van der Waals surface area contributed by atoms with Gasteiger partial charge in [0.2, 0.25) is 0 Å². The van der Waals surface area contributed by atoms with Gasteiger partial charge in [0, 0.05) is 5.69 Å².